The van der Waals surface area contributed by atoms with E-state index >= 15 is 0 Å². The van der Waals surface area contributed by atoms with Gasteiger partial charge in [-0.2, -0.15) is 0 Å². The Morgan fingerprint density at radius 3 is 2.32 bits per heavy atom. The molecule has 1 aromatic carbocycles. The number of hydrogen-bond acceptors (Lipinski definition) is 4. The standard InChI is InChI=1S/C23H36FN3O3S/c1-26(31(29,30)21-12-10-20(24)11-13-21)16-8-9-22(28)25-19-23(14-4-2-5-15-23)27-17-6-3-7-18-27/h10-13H,2-9,14-19H2,1H3,(H,25,28). The molecule has 3 rings (SSSR count). The highest BCUT2D eigenvalue weighted by Crippen LogP contribution is 2.35. The number of hydrogen-bond donors (Lipinski definition) is 1. The van der Waals surface area contributed by atoms with Gasteiger partial charge in [0.1, 0.15) is 5.82 Å². The Kier molecular flexibility index (Phi) is 8.47. The third-order valence-corrected chi connectivity index (χ3v) is 8.70. The van der Waals surface area contributed by atoms with E-state index in [1.807, 2.05) is 0 Å². The van der Waals surface area contributed by atoms with Gasteiger partial charge in [0.2, 0.25) is 15.9 Å². The Morgan fingerprint density at radius 1 is 1.06 bits per heavy atom. The molecule has 0 atom stereocenters. The number of benzene rings is 1. The predicted octanol–water partition coefficient (Wildman–Crippen LogP) is 3.53. The molecule has 8 heteroatoms. The van der Waals surface area contributed by atoms with Crippen molar-refractivity contribution in [2.45, 2.75) is 74.6 Å². The van der Waals surface area contributed by atoms with Crippen LogP contribution in [0.4, 0.5) is 4.39 Å². The minimum atomic E-state index is -3.68. The van der Waals surface area contributed by atoms with Crippen LogP contribution in [0.5, 0.6) is 0 Å². The van der Waals surface area contributed by atoms with Crippen LogP contribution in [-0.2, 0) is 14.8 Å². The molecule has 1 heterocycles. The highest BCUT2D eigenvalue weighted by molar-refractivity contribution is 7.89. The van der Waals surface area contributed by atoms with E-state index in [0.717, 1.165) is 38.1 Å². The zero-order chi connectivity index (χ0) is 22.3. The summed E-state index contributed by atoms with van der Waals surface area (Å²) >= 11 is 0. The van der Waals surface area contributed by atoms with Gasteiger partial charge < -0.3 is 5.32 Å². The summed E-state index contributed by atoms with van der Waals surface area (Å²) in [6.07, 6.45) is 10.5. The fourth-order valence-electron chi connectivity index (χ4n) is 4.90. The third-order valence-electron chi connectivity index (χ3n) is 6.82. The fourth-order valence-corrected chi connectivity index (χ4v) is 6.11. The Labute approximate surface area is 186 Å². The Hall–Kier alpha value is -1.51. The molecule has 0 spiro atoms. The first-order chi connectivity index (χ1) is 14.8. The van der Waals surface area contributed by atoms with Crippen LogP contribution in [0.1, 0.15) is 64.2 Å². The molecule has 0 radical (unpaired) electrons. The Balaban J connectivity index is 1.47. The number of carbonyl (C=O) groups excluding carboxylic acids is 1. The van der Waals surface area contributed by atoms with Crippen LogP contribution >= 0.6 is 0 Å². The lowest BCUT2D eigenvalue weighted by atomic mass is 9.79. The average molecular weight is 454 g/mol. The maximum absolute atomic E-state index is 13.1. The van der Waals surface area contributed by atoms with E-state index in [0.29, 0.717) is 19.4 Å². The second-order valence-electron chi connectivity index (χ2n) is 8.99. The summed E-state index contributed by atoms with van der Waals surface area (Å²) in [6, 6.07) is 4.80. The van der Waals surface area contributed by atoms with Crippen LogP contribution in [-0.4, -0.2) is 62.3 Å². The predicted molar refractivity (Wildman–Crippen MR) is 120 cm³/mol. The lowest BCUT2D eigenvalue weighted by molar-refractivity contribution is -0.122. The van der Waals surface area contributed by atoms with Gasteiger partial charge in [0, 0.05) is 32.1 Å². The van der Waals surface area contributed by atoms with Crippen molar-refractivity contribution in [1.29, 1.82) is 0 Å². The molecular formula is C23H36FN3O3S. The molecule has 0 aromatic heterocycles. The molecule has 1 aliphatic heterocycles. The maximum Gasteiger partial charge on any atom is 0.242 e. The van der Waals surface area contributed by atoms with Crippen LogP contribution in [0.3, 0.4) is 0 Å². The summed E-state index contributed by atoms with van der Waals surface area (Å²) < 4.78 is 39.4. The molecule has 0 bridgehead atoms. The number of piperidine rings is 1. The smallest absolute Gasteiger partial charge is 0.242 e. The number of sulfonamides is 1. The van der Waals surface area contributed by atoms with Gasteiger partial charge in [-0.15, -0.1) is 0 Å². The number of nitrogens with one attached hydrogen (secondary N) is 1. The van der Waals surface area contributed by atoms with E-state index in [4.69, 9.17) is 0 Å². The second kappa shape index (κ2) is 10.9. The SMILES string of the molecule is CN(CCCC(=O)NCC1(N2CCCCC2)CCCCC1)S(=O)(=O)c1ccc(F)cc1. The molecular weight excluding hydrogens is 417 g/mol. The molecule has 1 saturated carbocycles. The first-order valence-corrected chi connectivity index (χ1v) is 13.0. The quantitative estimate of drug-likeness (QED) is 0.621. The van der Waals surface area contributed by atoms with E-state index < -0.39 is 15.8 Å². The zero-order valence-electron chi connectivity index (χ0n) is 18.6. The Bertz CT molecular complexity index is 817. The van der Waals surface area contributed by atoms with Gasteiger partial charge in [0.15, 0.2) is 0 Å². The number of carbonyl (C=O) groups is 1. The highest BCUT2D eigenvalue weighted by atomic mass is 32.2. The maximum atomic E-state index is 13.1. The van der Waals surface area contributed by atoms with Crippen LogP contribution < -0.4 is 5.32 Å². The first-order valence-electron chi connectivity index (χ1n) is 11.6. The highest BCUT2D eigenvalue weighted by Gasteiger charge is 2.38. The molecule has 2 aliphatic rings. The lowest BCUT2D eigenvalue weighted by Crippen LogP contribution is -2.58. The van der Waals surface area contributed by atoms with Crippen LogP contribution in [0.15, 0.2) is 29.2 Å². The van der Waals surface area contributed by atoms with Crippen molar-refractivity contribution in [3.63, 3.8) is 0 Å². The first kappa shape index (κ1) is 24.1. The largest absolute Gasteiger partial charge is 0.354 e. The average Bonchev–Trinajstić information content (AvgIpc) is 2.79. The molecule has 1 N–H and O–H groups in total. The fraction of sp³-hybridized carbons (Fsp3) is 0.696. The number of amides is 1. The monoisotopic (exact) mass is 453 g/mol. The van der Waals surface area contributed by atoms with Crippen molar-refractivity contribution in [2.24, 2.45) is 0 Å². The topological polar surface area (TPSA) is 69.7 Å². The molecule has 174 valence electrons. The summed E-state index contributed by atoms with van der Waals surface area (Å²) in [6.45, 7) is 3.18. The van der Waals surface area contributed by atoms with Crippen molar-refractivity contribution in [3.8, 4) is 0 Å². The van der Waals surface area contributed by atoms with Crippen LogP contribution in [0.2, 0.25) is 0 Å². The molecule has 0 unspecified atom stereocenters. The van der Waals surface area contributed by atoms with Gasteiger partial charge in [-0.05, 0) is 69.5 Å². The molecule has 2 fully saturated rings. The second-order valence-corrected chi connectivity index (χ2v) is 11.0. The summed E-state index contributed by atoms with van der Waals surface area (Å²) in [7, 11) is -2.19. The van der Waals surface area contributed by atoms with E-state index in [-0.39, 0.29) is 22.9 Å². The number of likely N-dealkylation sites (tertiary alicyclic amines) is 1. The number of halogens is 1. The minimum absolute atomic E-state index is 0.0189. The third kappa shape index (κ3) is 6.26. The normalized spacial score (nSPS) is 20.0. The van der Waals surface area contributed by atoms with Crippen LogP contribution in [0, 0.1) is 5.82 Å². The zero-order valence-corrected chi connectivity index (χ0v) is 19.4. The van der Waals surface area contributed by atoms with Crippen molar-refractivity contribution in [1.82, 2.24) is 14.5 Å². The van der Waals surface area contributed by atoms with Crippen molar-refractivity contribution < 1.29 is 17.6 Å². The van der Waals surface area contributed by atoms with E-state index in [1.165, 1.54) is 62.0 Å². The number of nitrogens with zero attached hydrogens (tertiary/aromatic N) is 2. The van der Waals surface area contributed by atoms with Crippen molar-refractivity contribution in [2.75, 3.05) is 33.2 Å². The number of rotatable bonds is 9. The lowest BCUT2D eigenvalue weighted by Gasteiger charge is -2.48. The molecule has 6 nitrogen and oxygen atoms in total. The Morgan fingerprint density at radius 2 is 1.68 bits per heavy atom. The molecule has 1 amide bonds. The summed E-state index contributed by atoms with van der Waals surface area (Å²) in [4.78, 5) is 15.2. The summed E-state index contributed by atoms with van der Waals surface area (Å²) in [5.41, 5.74) is 0.0943. The molecule has 31 heavy (non-hydrogen) atoms. The van der Waals surface area contributed by atoms with Gasteiger partial charge in [0.05, 0.1) is 4.90 Å². The van der Waals surface area contributed by atoms with Gasteiger partial charge in [0.25, 0.3) is 0 Å². The van der Waals surface area contributed by atoms with Crippen molar-refractivity contribution >= 4 is 15.9 Å². The van der Waals surface area contributed by atoms with E-state index in [9.17, 15) is 17.6 Å². The molecule has 1 aromatic rings. The molecule has 1 saturated heterocycles. The van der Waals surface area contributed by atoms with Crippen LogP contribution in [0.25, 0.3) is 0 Å². The van der Waals surface area contributed by atoms with Gasteiger partial charge in [-0.1, -0.05) is 25.7 Å². The van der Waals surface area contributed by atoms with Crippen molar-refractivity contribution in [3.05, 3.63) is 30.1 Å². The van der Waals surface area contributed by atoms with Gasteiger partial charge in [-0.3, -0.25) is 9.69 Å². The van der Waals surface area contributed by atoms with Gasteiger partial charge >= 0.3 is 0 Å². The van der Waals surface area contributed by atoms with E-state index in [1.54, 1.807) is 0 Å². The van der Waals surface area contributed by atoms with E-state index in [2.05, 4.69) is 10.2 Å². The molecule has 1 aliphatic carbocycles. The summed E-state index contributed by atoms with van der Waals surface area (Å²) in [5, 5.41) is 3.15. The minimum Gasteiger partial charge on any atom is -0.354 e. The van der Waals surface area contributed by atoms with Gasteiger partial charge in [-0.25, -0.2) is 17.1 Å². The summed E-state index contributed by atoms with van der Waals surface area (Å²) in [5.74, 6) is -0.492.